The topological polar surface area (TPSA) is 62.0 Å². The Morgan fingerprint density at radius 2 is 1.71 bits per heavy atom. The van der Waals surface area contributed by atoms with Crippen molar-refractivity contribution < 1.29 is 14.2 Å². The standard InChI is InChI=1S/C30H25BrN2O4S/c1-35-23-12-8-17(14-22(23)31)15-26-29(34)33-28(19-10-13-24(36-2)25(16-19)37-3)21-11-9-18-6-4-5-7-20(18)27(21)32-30(33)38-26/h4-8,10,12-16,28H,9,11H2,1-3H3. The zero-order chi connectivity index (χ0) is 26.4. The number of aromatic nitrogens is 1. The maximum absolute atomic E-state index is 14.0. The number of halogens is 1. The zero-order valence-corrected chi connectivity index (χ0v) is 23.6. The van der Waals surface area contributed by atoms with Crippen molar-refractivity contribution in [2.24, 2.45) is 4.99 Å². The van der Waals surface area contributed by atoms with E-state index < -0.39 is 0 Å². The summed E-state index contributed by atoms with van der Waals surface area (Å²) in [6, 6.07) is 19.8. The summed E-state index contributed by atoms with van der Waals surface area (Å²) >= 11 is 4.96. The van der Waals surface area contributed by atoms with Gasteiger partial charge in [0.25, 0.3) is 5.56 Å². The second kappa shape index (κ2) is 9.93. The highest BCUT2D eigenvalue weighted by molar-refractivity contribution is 9.10. The molecule has 8 heteroatoms. The first kappa shape index (κ1) is 24.7. The summed E-state index contributed by atoms with van der Waals surface area (Å²) in [7, 11) is 4.88. The second-order valence-electron chi connectivity index (χ2n) is 9.12. The summed E-state index contributed by atoms with van der Waals surface area (Å²) in [5, 5.41) is 0. The first-order valence-electron chi connectivity index (χ1n) is 12.2. The van der Waals surface area contributed by atoms with Gasteiger partial charge in [-0.25, -0.2) is 4.99 Å². The van der Waals surface area contributed by atoms with E-state index >= 15 is 0 Å². The third-order valence-corrected chi connectivity index (χ3v) is 8.67. The third-order valence-electron chi connectivity index (χ3n) is 7.07. The van der Waals surface area contributed by atoms with Crippen molar-refractivity contribution in [2.45, 2.75) is 18.9 Å². The highest BCUT2D eigenvalue weighted by Gasteiger charge is 2.33. The largest absolute Gasteiger partial charge is 0.496 e. The molecule has 0 amide bonds. The van der Waals surface area contributed by atoms with Crippen molar-refractivity contribution in [3.63, 3.8) is 0 Å². The number of fused-ring (bicyclic) bond motifs is 3. The molecule has 2 aliphatic rings. The molecule has 1 unspecified atom stereocenters. The number of hydrogen-bond acceptors (Lipinski definition) is 6. The number of benzene rings is 3. The minimum Gasteiger partial charge on any atom is -0.496 e. The van der Waals surface area contributed by atoms with Crippen molar-refractivity contribution in [2.75, 3.05) is 21.3 Å². The average molecular weight is 590 g/mol. The predicted molar refractivity (Wildman–Crippen MR) is 153 cm³/mol. The number of methoxy groups -OCH3 is 3. The molecule has 0 bridgehead atoms. The van der Waals surface area contributed by atoms with Crippen LogP contribution in [0.1, 0.15) is 34.7 Å². The molecule has 4 aromatic rings. The summed E-state index contributed by atoms with van der Waals surface area (Å²) in [5.74, 6) is 2.02. The number of aryl methyl sites for hydroxylation is 1. The smallest absolute Gasteiger partial charge is 0.271 e. The van der Waals surface area contributed by atoms with Gasteiger partial charge in [-0.2, -0.15) is 0 Å². The fourth-order valence-electron chi connectivity index (χ4n) is 5.27. The summed E-state index contributed by atoms with van der Waals surface area (Å²) in [4.78, 5) is 19.7. The van der Waals surface area contributed by atoms with Crippen LogP contribution in [0.3, 0.4) is 0 Å². The van der Waals surface area contributed by atoms with Crippen LogP contribution in [0.5, 0.6) is 17.2 Å². The van der Waals surface area contributed by atoms with Gasteiger partial charge in [0, 0.05) is 5.56 Å². The molecular weight excluding hydrogens is 564 g/mol. The molecule has 192 valence electrons. The van der Waals surface area contributed by atoms with Crippen LogP contribution in [0.2, 0.25) is 0 Å². The van der Waals surface area contributed by atoms with Crippen molar-refractivity contribution in [3.05, 3.63) is 113 Å². The Bertz CT molecular complexity index is 1790. The van der Waals surface area contributed by atoms with Crippen LogP contribution >= 0.6 is 27.3 Å². The van der Waals surface area contributed by atoms with Crippen molar-refractivity contribution in [1.82, 2.24) is 4.57 Å². The Hall–Kier alpha value is -3.62. The van der Waals surface area contributed by atoms with Crippen LogP contribution in [-0.2, 0) is 6.42 Å². The monoisotopic (exact) mass is 588 g/mol. The molecule has 2 heterocycles. The highest BCUT2D eigenvalue weighted by atomic mass is 79.9. The number of hydrogen-bond donors (Lipinski definition) is 0. The van der Waals surface area contributed by atoms with Gasteiger partial charge < -0.3 is 14.2 Å². The minimum absolute atomic E-state index is 0.0640. The molecule has 0 saturated heterocycles. The lowest BCUT2D eigenvalue weighted by Crippen LogP contribution is -2.38. The van der Waals surface area contributed by atoms with E-state index in [0.29, 0.717) is 20.8 Å². The van der Waals surface area contributed by atoms with E-state index in [1.54, 1.807) is 21.3 Å². The molecule has 1 aromatic heterocycles. The normalized spacial score (nSPS) is 16.3. The van der Waals surface area contributed by atoms with E-state index in [4.69, 9.17) is 19.2 Å². The van der Waals surface area contributed by atoms with Gasteiger partial charge in [-0.05, 0) is 81.4 Å². The number of allylic oxidation sites excluding steroid dienone is 1. The summed E-state index contributed by atoms with van der Waals surface area (Å²) in [6.07, 6.45) is 3.64. The van der Waals surface area contributed by atoms with Gasteiger partial charge in [0.15, 0.2) is 16.3 Å². The van der Waals surface area contributed by atoms with Crippen LogP contribution in [-0.4, -0.2) is 25.9 Å². The quantitative estimate of drug-likeness (QED) is 0.325. The van der Waals surface area contributed by atoms with E-state index in [9.17, 15) is 4.79 Å². The van der Waals surface area contributed by atoms with Crippen LogP contribution in [0.4, 0.5) is 0 Å². The van der Waals surface area contributed by atoms with Gasteiger partial charge in [-0.15, -0.1) is 0 Å². The molecule has 0 radical (unpaired) electrons. The van der Waals surface area contributed by atoms with E-state index in [1.165, 1.54) is 16.9 Å². The van der Waals surface area contributed by atoms with Crippen LogP contribution < -0.4 is 29.1 Å². The van der Waals surface area contributed by atoms with Gasteiger partial charge in [0.1, 0.15) is 5.75 Å². The molecule has 0 saturated carbocycles. The molecule has 6 nitrogen and oxygen atoms in total. The summed E-state index contributed by atoms with van der Waals surface area (Å²) < 4.78 is 19.8. The maximum atomic E-state index is 14.0. The van der Waals surface area contributed by atoms with Gasteiger partial charge in [0.05, 0.1) is 42.1 Å². The number of rotatable bonds is 5. The molecule has 0 fully saturated rings. The van der Waals surface area contributed by atoms with Crippen molar-refractivity contribution in [3.8, 4) is 17.2 Å². The summed E-state index contributed by atoms with van der Waals surface area (Å²) in [6.45, 7) is 0. The van der Waals surface area contributed by atoms with Crippen molar-refractivity contribution in [1.29, 1.82) is 0 Å². The molecule has 6 rings (SSSR count). The number of thiazole rings is 1. The van der Waals surface area contributed by atoms with Crippen LogP contribution in [0, 0.1) is 0 Å². The van der Waals surface area contributed by atoms with Gasteiger partial charge in [0.2, 0.25) is 0 Å². The van der Waals surface area contributed by atoms with Crippen LogP contribution in [0.25, 0.3) is 11.8 Å². The lowest BCUT2D eigenvalue weighted by molar-refractivity contribution is 0.354. The van der Waals surface area contributed by atoms with E-state index in [0.717, 1.165) is 51.0 Å². The second-order valence-corrected chi connectivity index (χ2v) is 11.0. The maximum Gasteiger partial charge on any atom is 0.271 e. The van der Waals surface area contributed by atoms with E-state index in [2.05, 4.69) is 34.1 Å². The first-order valence-corrected chi connectivity index (χ1v) is 13.8. The van der Waals surface area contributed by atoms with E-state index in [1.807, 2.05) is 53.1 Å². The van der Waals surface area contributed by atoms with Gasteiger partial charge in [-0.1, -0.05) is 47.7 Å². The number of nitrogens with zero attached hydrogens (tertiary/aromatic N) is 2. The zero-order valence-electron chi connectivity index (χ0n) is 21.2. The van der Waals surface area contributed by atoms with Crippen LogP contribution in [0.15, 0.2) is 80.5 Å². The summed E-state index contributed by atoms with van der Waals surface area (Å²) in [5.41, 5.74) is 6.32. The minimum atomic E-state index is -0.292. The Morgan fingerprint density at radius 1 is 0.947 bits per heavy atom. The molecule has 0 spiro atoms. The fraction of sp³-hybridized carbons (Fsp3) is 0.200. The number of ether oxygens (including phenoxy) is 3. The molecule has 1 atom stereocenters. The molecule has 3 aromatic carbocycles. The predicted octanol–water partition coefficient (Wildman–Crippen LogP) is 5.11. The van der Waals surface area contributed by atoms with Gasteiger partial charge in [-0.3, -0.25) is 9.36 Å². The fourth-order valence-corrected chi connectivity index (χ4v) is 6.83. The molecule has 0 N–H and O–H groups in total. The Balaban J connectivity index is 1.60. The molecular formula is C30H25BrN2O4S. The van der Waals surface area contributed by atoms with E-state index in [-0.39, 0.29) is 11.6 Å². The SMILES string of the molecule is COc1ccc(C=c2sc3n(c2=O)C(c2ccc(OC)c(OC)c2)C2=C(N=3)c3ccccc3CC2)cc1Br. The Kier molecular flexibility index (Phi) is 6.45. The molecule has 38 heavy (non-hydrogen) atoms. The Morgan fingerprint density at radius 3 is 2.47 bits per heavy atom. The van der Waals surface area contributed by atoms with Crippen molar-refractivity contribution >= 4 is 39.0 Å². The lowest BCUT2D eigenvalue weighted by Gasteiger charge is -2.31. The molecule has 1 aliphatic heterocycles. The first-order chi connectivity index (χ1) is 18.5. The highest BCUT2D eigenvalue weighted by Crippen LogP contribution is 2.42. The lowest BCUT2D eigenvalue weighted by atomic mass is 9.83. The Labute approximate surface area is 232 Å². The van der Waals surface area contributed by atoms with Gasteiger partial charge >= 0.3 is 0 Å². The average Bonchev–Trinajstić information content (AvgIpc) is 3.25. The molecule has 1 aliphatic carbocycles. The third kappa shape index (κ3) is 4.08.